The minimum atomic E-state index is -0.206. The summed E-state index contributed by atoms with van der Waals surface area (Å²) in [5.41, 5.74) is 0. The van der Waals surface area contributed by atoms with Crippen LogP contribution in [-0.4, -0.2) is 36.8 Å². The first-order chi connectivity index (χ1) is 8.74. The summed E-state index contributed by atoms with van der Waals surface area (Å²) >= 11 is 3.28. The summed E-state index contributed by atoms with van der Waals surface area (Å²) in [6.07, 6.45) is 3.85. The summed E-state index contributed by atoms with van der Waals surface area (Å²) in [6, 6.07) is 3.54. The quantitative estimate of drug-likeness (QED) is 0.902. The first-order valence-electron chi connectivity index (χ1n) is 5.85. The van der Waals surface area contributed by atoms with Gasteiger partial charge in [-0.3, -0.25) is 4.79 Å². The van der Waals surface area contributed by atoms with Crippen molar-refractivity contribution in [2.24, 2.45) is 0 Å². The average Bonchev–Trinajstić information content (AvgIpc) is 2.85. The van der Waals surface area contributed by atoms with Crippen molar-refractivity contribution in [3.63, 3.8) is 0 Å². The summed E-state index contributed by atoms with van der Waals surface area (Å²) in [5.74, 6) is 0.312. The summed E-state index contributed by atoms with van der Waals surface area (Å²) in [6.45, 7) is 1.29. The van der Waals surface area contributed by atoms with Gasteiger partial charge in [0.2, 0.25) is 0 Å². The Hall–Kier alpha value is -0.980. The Morgan fingerprint density at radius 1 is 1.61 bits per heavy atom. The molecule has 1 aromatic heterocycles. The highest BCUT2D eigenvalue weighted by Gasteiger charge is 2.15. The molecule has 1 aliphatic heterocycles. The fourth-order valence-electron chi connectivity index (χ4n) is 1.69. The number of aromatic nitrogens is 1. The molecular formula is C12H15BrN2O3. The van der Waals surface area contributed by atoms with Crippen LogP contribution in [0.5, 0.6) is 0 Å². The van der Waals surface area contributed by atoms with E-state index in [1.54, 1.807) is 12.3 Å². The highest BCUT2D eigenvalue weighted by atomic mass is 79.9. The van der Waals surface area contributed by atoms with Gasteiger partial charge in [0.1, 0.15) is 12.4 Å². The van der Waals surface area contributed by atoms with Gasteiger partial charge in [-0.15, -0.1) is 0 Å². The second-order valence-electron chi connectivity index (χ2n) is 4.06. The van der Waals surface area contributed by atoms with Crippen LogP contribution >= 0.6 is 15.9 Å². The number of nitrogens with one attached hydrogen (secondary N) is 1. The maximum atomic E-state index is 11.5. The maximum absolute atomic E-state index is 11.5. The van der Waals surface area contributed by atoms with E-state index in [2.05, 4.69) is 26.2 Å². The number of ether oxygens (including phenoxy) is 2. The number of hydrogen-bond donors (Lipinski definition) is 1. The lowest BCUT2D eigenvalue weighted by Crippen LogP contribution is -2.22. The van der Waals surface area contributed by atoms with Gasteiger partial charge in [-0.2, -0.15) is 0 Å². The fourth-order valence-corrected chi connectivity index (χ4v) is 1.92. The van der Waals surface area contributed by atoms with Crippen LogP contribution in [0.3, 0.4) is 0 Å². The van der Waals surface area contributed by atoms with E-state index >= 15 is 0 Å². The molecular weight excluding hydrogens is 300 g/mol. The molecule has 1 fully saturated rings. The Kier molecular flexibility index (Phi) is 5.10. The van der Waals surface area contributed by atoms with Gasteiger partial charge in [0, 0.05) is 17.3 Å². The molecule has 0 spiro atoms. The van der Waals surface area contributed by atoms with Crippen LogP contribution < -0.4 is 5.32 Å². The molecule has 0 saturated carbocycles. The zero-order valence-corrected chi connectivity index (χ0v) is 11.5. The molecule has 1 aromatic rings. The zero-order valence-electron chi connectivity index (χ0n) is 9.89. The molecule has 2 rings (SSSR count). The topological polar surface area (TPSA) is 60.5 Å². The van der Waals surface area contributed by atoms with E-state index in [0.29, 0.717) is 12.4 Å². The minimum absolute atomic E-state index is 0.0254. The fraction of sp³-hybridized carbons (Fsp3) is 0.500. The van der Waals surface area contributed by atoms with Crippen molar-refractivity contribution in [1.82, 2.24) is 4.98 Å². The number of rotatable bonds is 5. The number of halogens is 1. The van der Waals surface area contributed by atoms with E-state index < -0.39 is 0 Å². The highest BCUT2D eigenvalue weighted by molar-refractivity contribution is 9.10. The van der Waals surface area contributed by atoms with Crippen molar-refractivity contribution in [1.29, 1.82) is 0 Å². The number of carbonyl (C=O) groups is 1. The van der Waals surface area contributed by atoms with Crippen molar-refractivity contribution in [2.45, 2.75) is 18.9 Å². The number of pyridine rings is 1. The molecule has 0 aromatic carbocycles. The SMILES string of the molecule is O=C(COC[C@H]1CCCO1)Nc1ccc(Br)cn1. The predicted octanol–water partition coefficient (Wildman–Crippen LogP) is 1.98. The molecule has 1 saturated heterocycles. The van der Waals surface area contributed by atoms with Crippen molar-refractivity contribution >= 4 is 27.7 Å². The lowest BCUT2D eigenvalue weighted by molar-refractivity contribution is -0.121. The van der Waals surface area contributed by atoms with Gasteiger partial charge in [-0.25, -0.2) is 4.98 Å². The van der Waals surface area contributed by atoms with E-state index in [1.165, 1.54) is 0 Å². The number of amides is 1. The Balaban J connectivity index is 1.66. The summed E-state index contributed by atoms with van der Waals surface area (Å²) < 4.78 is 11.6. The zero-order chi connectivity index (χ0) is 12.8. The summed E-state index contributed by atoms with van der Waals surface area (Å²) in [5, 5.41) is 2.66. The Bertz CT molecular complexity index is 391. The smallest absolute Gasteiger partial charge is 0.251 e. The van der Waals surface area contributed by atoms with E-state index in [1.807, 2.05) is 6.07 Å². The standard InChI is InChI=1S/C12H15BrN2O3/c13-9-3-4-11(14-6-9)15-12(16)8-17-7-10-2-1-5-18-10/h3-4,6,10H,1-2,5,7-8H2,(H,14,15,16)/t10-/m1/s1. The van der Waals surface area contributed by atoms with Crippen molar-refractivity contribution in [2.75, 3.05) is 25.1 Å². The molecule has 0 unspecified atom stereocenters. The van der Waals surface area contributed by atoms with Gasteiger partial charge in [-0.05, 0) is 40.9 Å². The van der Waals surface area contributed by atoms with E-state index in [-0.39, 0.29) is 18.6 Å². The summed E-state index contributed by atoms with van der Waals surface area (Å²) in [4.78, 5) is 15.6. The van der Waals surface area contributed by atoms with Gasteiger partial charge in [-0.1, -0.05) is 0 Å². The van der Waals surface area contributed by atoms with Crippen LogP contribution in [0.15, 0.2) is 22.8 Å². The van der Waals surface area contributed by atoms with Crippen molar-refractivity contribution in [3.8, 4) is 0 Å². The Labute approximate surface area is 114 Å². The lowest BCUT2D eigenvalue weighted by atomic mass is 10.2. The second-order valence-corrected chi connectivity index (χ2v) is 4.98. The van der Waals surface area contributed by atoms with Crippen LogP contribution in [0.2, 0.25) is 0 Å². The number of anilines is 1. The molecule has 0 bridgehead atoms. The molecule has 0 aliphatic carbocycles. The van der Waals surface area contributed by atoms with Crippen LogP contribution in [0.25, 0.3) is 0 Å². The van der Waals surface area contributed by atoms with Gasteiger partial charge in [0.05, 0.1) is 12.7 Å². The van der Waals surface area contributed by atoms with Gasteiger partial charge in [0.15, 0.2) is 0 Å². The van der Waals surface area contributed by atoms with E-state index in [0.717, 1.165) is 23.9 Å². The minimum Gasteiger partial charge on any atom is -0.376 e. The number of hydrogen-bond acceptors (Lipinski definition) is 4. The monoisotopic (exact) mass is 314 g/mol. The highest BCUT2D eigenvalue weighted by Crippen LogP contribution is 2.12. The molecule has 1 N–H and O–H groups in total. The predicted molar refractivity (Wildman–Crippen MR) is 70.4 cm³/mol. The van der Waals surface area contributed by atoms with Crippen LogP contribution in [0.4, 0.5) is 5.82 Å². The lowest BCUT2D eigenvalue weighted by Gasteiger charge is -2.10. The van der Waals surface area contributed by atoms with Crippen LogP contribution in [-0.2, 0) is 14.3 Å². The van der Waals surface area contributed by atoms with Gasteiger partial charge >= 0.3 is 0 Å². The van der Waals surface area contributed by atoms with Gasteiger partial charge in [0.25, 0.3) is 5.91 Å². The molecule has 5 nitrogen and oxygen atoms in total. The molecule has 6 heteroatoms. The molecule has 1 atom stereocenters. The molecule has 2 heterocycles. The van der Waals surface area contributed by atoms with Gasteiger partial charge < -0.3 is 14.8 Å². The molecule has 98 valence electrons. The molecule has 1 amide bonds. The van der Waals surface area contributed by atoms with Crippen molar-refractivity contribution < 1.29 is 14.3 Å². The molecule has 1 aliphatic rings. The third kappa shape index (κ3) is 4.36. The van der Waals surface area contributed by atoms with E-state index in [4.69, 9.17) is 9.47 Å². The largest absolute Gasteiger partial charge is 0.376 e. The van der Waals surface area contributed by atoms with Crippen molar-refractivity contribution in [3.05, 3.63) is 22.8 Å². The Morgan fingerprint density at radius 2 is 2.50 bits per heavy atom. The first kappa shape index (κ1) is 13.5. The Morgan fingerprint density at radius 3 is 3.17 bits per heavy atom. The normalized spacial score (nSPS) is 18.8. The maximum Gasteiger partial charge on any atom is 0.251 e. The average molecular weight is 315 g/mol. The molecule has 0 radical (unpaired) electrons. The first-order valence-corrected chi connectivity index (χ1v) is 6.64. The summed E-state index contributed by atoms with van der Waals surface area (Å²) in [7, 11) is 0. The third-order valence-corrected chi connectivity index (χ3v) is 3.02. The molecule has 18 heavy (non-hydrogen) atoms. The van der Waals surface area contributed by atoms with Crippen LogP contribution in [0, 0.1) is 0 Å². The number of carbonyl (C=O) groups excluding carboxylic acids is 1. The number of nitrogens with zero attached hydrogens (tertiary/aromatic N) is 1. The van der Waals surface area contributed by atoms with Crippen LogP contribution in [0.1, 0.15) is 12.8 Å². The van der Waals surface area contributed by atoms with E-state index in [9.17, 15) is 4.79 Å². The second kappa shape index (κ2) is 6.82. The third-order valence-electron chi connectivity index (χ3n) is 2.56.